The van der Waals surface area contributed by atoms with Gasteiger partial charge in [-0.1, -0.05) is 13.0 Å². The molecule has 24 heavy (non-hydrogen) atoms. The Bertz CT molecular complexity index is 774. The number of nitrogens with zero attached hydrogens (tertiary/aromatic N) is 1. The lowest BCUT2D eigenvalue weighted by molar-refractivity contribution is -0.385. The molecule has 126 valence electrons. The molecule has 2 aromatic carbocycles. The first-order chi connectivity index (χ1) is 11.4. The van der Waals surface area contributed by atoms with E-state index >= 15 is 0 Å². The summed E-state index contributed by atoms with van der Waals surface area (Å²) in [4.78, 5) is 22.8. The van der Waals surface area contributed by atoms with Gasteiger partial charge < -0.3 is 15.8 Å². The third kappa shape index (κ3) is 3.81. The third-order valence-corrected chi connectivity index (χ3v) is 3.48. The summed E-state index contributed by atoms with van der Waals surface area (Å²) in [5.41, 5.74) is 7.35. The molecule has 2 rings (SSSR count). The Morgan fingerprint density at radius 1 is 1.33 bits per heavy atom. The number of carbonyl (C=O) groups excluding carboxylic acids is 1. The highest BCUT2D eigenvalue weighted by Crippen LogP contribution is 2.27. The minimum atomic E-state index is -0.483. The first-order valence-corrected chi connectivity index (χ1v) is 7.51. The molecule has 0 aromatic heterocycles. The van der Waals surface area contributed by atoms with E-state index in [-0.39, 0.29) is 5.69 Å². The maximum Gasteiger partial charge on any atom is 0.274 e. The molecular formula is C17H19N3O4. The fourth-order valence-corrected chi connectivity index (χ4v) is 2.18. The number of nitrogens with two attached hydrogens (primary N) is 1. The molecule has 0 saturated carbocycles. The van der Waals surface area contributed by atoms with Crippen LogP contribution >= 0.6 is 0 Å². The lowest BCUT2D eigenvalue weighted by Crippen LogP contribution is -2.13. The zero-order chi connectivity index (χ0) is 17.7. The monoisotopic (exact) mass is 329 g/mol. The molecule has 3 N–H and O–H groups in total. The summed E-state index contributed by atoms with van der Waals surface area (Å²) in [6.45, 7) is 4.12. The van der Waals surface area contributed by atoms with Gasteiger partial charge in [0.15, 0.2) is 0 Å². The van der Waals surface area contributed by atoms with E-state index in [1.54, 1.807) is 25.1 Å². The quantitative estimate of drug-likeness (QED) is 0.479. The predicted molar refractivity (Wildman–Crippen MR) is 92.4 cm³/mol. The van der Waals surface area contributed by atoms with Crippen molar-refractivity contribution in [3.05, 3.63) is 57.6 Å². The number of rotatable bonds is 6. The number of nitro groups is 1. The van der Waals surface area contributed by atoms with Crippen molar-refractivity contribution in [2.24, 2.45) is 0 Å². The molecule has 1 amide bonds. The topological polar surface area (TPSA) is 107 Å². The van der Waals surface area contributed by atoms with Crippen LogP contribution in [-0.4, -0.2) is 17.4 Å². The Hall–Kier alpha value is -3.09. The lowest BCUT2D eigenvalue weighted by Gasteiger charge is -2.11. The van der Waals surface area contributed by atoms with Gasteiger partial charge in [-0.3, -0.25) is 14.9 Å². The van der Waals surface area contributed by atoms with E-state index in [1.807, 2.05) is 6.92 Å². The van der Waals surface area contributed by atoms with E-state index in [9.17, 15) is 14.9 Å². The molecule has 0 heterocycles. The van der Waals surface area contributed by atoms with Crippen LogP contribution in [0.2, 0.25) is 0 Å². The molecule has 7 nitrogen and oxygen atoms in total. The maximum absolute atomic E-state index is 12.3. The molecule has 0 aliphatic heterocycles. The van der Waals surface area contributed by atoms with Crippen LogP contribution in [0.5, 0.6) is 5.75 Å². The third-order valence-electron chi connectivity index (χ3n) is 3.48. The second-order valence-corrected chi connectivity index (χ2v) is 5.26. The van der Waals surface area contributed by atoms with Crippen LogP contribution < -0.4 is 15.8 Å². The average Bonchev–Trinajstić information content (AvgIpc) is 2.55. The number of hydrogen-bond acceptors (Lipinski definition) is 5. The van der Waals surface area contributed by atoms with Crippen LogP contribution in [-0.2, 0) is 0 Å². The van der Waals surface area contributed by atoms with E-state index in [2.05, 4.69) is 5.32 Å². The lowest BCUT2D eigenvalue weighted by atomic mass is 10.1. The van der Waals surface area contributed by atoms with E-state index < -0.39 is 10.8 Å². The molecular weight excluding hydrogens is 310 g/mol. The molecule has 2 aromatic rings. The van der Waals surface area contributed by atoms with Crippen LogP contribution in [0.15, 0.2) is 36.4 Å². The van der Waals surface area contributed by atoms with Crippen molar-refractivity contribution in [3.63, 3.8) is 0 Å². The van der Waals surface area contributed by atoms with Gasteiger partial charge >= 0.3 is 0 Å². The number of benzene rings is 2. The number of nitrogens with one attached hydrogen (secondary N) is 1. The number of nitrogen functional groups attached to an aromatic ring is 1. The highest BCUT2D eigenvalue weighted by molar-refractivity contribution is 6.05. The minimum Gasteiger partial charge on any atom is -0.491 e. The van der Waals surface area contributed by atoms with Gasteiger partial charge in [0.25, 0.3) is 11.6 Å². The zero-order valence-corrected chi connectivity index (χ0v) is 13.5. The van der Waals surface area contributed by atoms with Crippen LogP contribution in [0, 0.1) is 17.0 Å². The average molecular weight is 329 g/mol. The van der Waals surface area contributed by atoms with Crippen molar-refractivity contribution < 1.29 is 14.5 Å². The Labute approximate surface area is 139 Å². The van der Waals surface area contributed by atoms with Gasteiger partial charge in [-0.25, -0.2) is 0 Å². The van der Waals surface area contributed by atoms with E-state index in [0.717, 1.165) is 6.42 Å². The fourth-order valence-electron chi connectivity index (χ4n) is 2.18. The van der Waals surface area contributed by atoms with Crippen LogP contribution in [0.1, 0.15) is 29.3 Å². The van der Waals surface area contributed by atoms with Gasteiger partial charge in [-0.2, -0.15) is 0 Å². The van der Waals surface area contributed by atoms with Gasteiger partial charge in [0.2, 0.25) is 0 Å². The van der Waals surface area contributed by atoms with E-state index in [1.165, 1.54) is 18.2 Å². The summed E-state index contributed by atoms with van der Waals surface area (Å²) in [5, 5.41) is 13.6. The number of nitro benzene ring substituents is 1. The van der Waals surface area contributed by atoms with Crippen molar-refractivity contribution >= 4 is 23.0 Å². The molecule has 0 aliphatic carbocycles. The number of amides is 1. The first kappa shape index (κ1) is 17.3. The smallest absolute Gasteiger partial charge is 0.274 e. The van der Waals surface area contributed by atoms with Crippen molar-refractivity contribution in [2.75, 3.05) is 17.7 Å². The summed E-state index contributed by atoms with van der Waals surface area (Å²) in [7, 11) is 0. The molecule has 0 bridgehead atoms. The van der Waals surface area contributed by atoms with Gasteiger partial charge in [0, 0.05) is 11.6 Å². The molecule has 0 aliphatic rings. The predicted octanol–water partition coefficient (Wildman–Crippen LogP) is 3.53. The fraction of sp³-hybridized carbons (Fsp3) is 0.235. The maximum atomic E-state index is 12.3. The van der Waals surface area contributed by atoms with Gasteiger partial charge in [-0.05, 0) is 37.6 Å². The SMILES string of the molecule is CCCOc1ccc(C(=O)Nc2cccc([N+](=O)[O-])c2C)cc1N. The van der Waals surface area contributed by atoms with Gasteiger partial charge in [0.05, 0.1) is 28.5 Å². The standard InChI is InChI=1S/C17H19N3O4/c1-3-9-24-16-8-7-12(10-13(16)18)17(21)19-14-5-4-6-15(11(14)2)20(22)23/h4-8,10H,3,9,18H2,1-2H3,(H,19,21). The molecule has 0 atom stereocenters. The zero-order valence-electron chi connectivity index (χ0n) is 13.5. The number of ether oxygens (including phenoxy) is 1. The minimum absolute atomic E-state index is 0.0457. The number of hydrogen-bond donors (Lipinski definition) is 2. The summed E-state index contributed by atoms with van der Waals surface area (Å²) in [5.74, 6) is 0.132. The van der Waals surface area contributed by atoms with E-state index in [4.69, 9.17) is 10.5 Å². The van der Waals surface area contributed by atoms with E-state index in [0.29, 0.717) is 34.9 Å². The summed E-state index contributed by atoms with van der Waals surface area (Å²) >= 11 is 0. The number of carbonyl (C=O) groups is 1. The van der Waals surface area contributed by atoms with Crippen molar-refractivity contribution in [1.29, 1.82) is 0 Å². The van der Waals surface area contributed by atoms with Crippen molar-refractivity contribution in [2.45, 2.75) is 20.3 Å². The second-order valence-electron chi connectivity index (χ2n) is 5.26. The second kappa shape index (κ2) is 7.45. The highest BCUT2D eigenvalue weighted by Gasteiger charge is 2.16. The first-order valence-electron chi connectivity index (χ1n) is 7.51. The molecule has 0 fully saturated rings. The summed E-state index contributed by atoms with van der Waals surface area (Å²) < 4.78 is 5.47. The Kier molecular flexibility index (Phi) is 5.36. The molecule has 0 unspecified atom stereocenters. The van der Waals surface area contributed by atoms with Crippen molar-refractivity contribution in [3.8, 4) is 5.75 Å². The molecule has 0 radical (unpaired) electrons. The normalized spacial score (nSPS) is 10.2. The van der Waals surface area contributed by atoms with Crippen molar-refractivity contribution in [1.82, 2.24) is 0 Å². The summed E-state index contributed by atoms with van der Waals surface area (Å²) in [6, 6.07) is 9.29. The molecule has 0 saturated heterocycles. The van der Waals surface area contributed by atoms with Crippen LogP contribution in [0.4, 0.5) is 17.1 Å². The Balaban J connectivity index is 2.20. The highest BCUT2D eigenvalue weighted by atomic mass is 16.6. The van der Waals surface area contributed by atoms with Gasteiger partial charge in [0.1, 0.15) is 5.75 Å². The Morgan fingerprint density at radius 3 is 2.71 bits per heavy atom. The Morgan fingerprint density at radius 2 is 2.08 bits per heavy atom. The largest absolute Gasteiger partial charge is 0.491 e. The van der Waals surface area contributed by atoms with Crippen LogP contribution in [0.25, 0.3) is 0 Å². The molecule has 0 spiro atoms. The van der Waals surface area contributed by atoms with Crippen LogP contribution in [0.3, 0.4) is 0 Å². The number of anilines is 2. The summed E-state index contributed by atoms with van der Waals surface area (Å²) in [6.07, 6.45) is 0.855. The van der Waals surface area contributed by atoms with Gasteiger partial charge in [-0.15, -0.1) is 0 Å². The molecule has 7 heteroatoms.